The third kappa shape index (κ3) is 5.19. The zero-order valence-corrected chi connectivity index (χ0v) is 17.9. The van der Waals surface area contributed by atoms with E-state index < -0.39 is 5.97 Å². The number of nitrogens with zero attached hydrogens (tertiary/aromatic N) is 2. The molecule has 0 aliphatic carbocycles. The highest BCUT2D eigenvalue weighted by atomic mass is 32.1. The molecule has 1 amide bonds. The summed E-state index contributed by atoms with van der Waals surface area (Å²) in [6, 6.07) is 15.1. The van der Waals surface area contributed by atoms with Gasteiger partial charge in [0.1, 0.15) is 12.4 Å². The Balaban J connectivity index is 1.29. The van der Waals surface area contributed by atoms with Crippen molar-refractivity contribution >= 4 is 33.9 Å². The first-order chi connectivity index (χ1) is 15.5. The van der Waals surface area contributed by atoms with E-state index in [1.807, 2.05) is 25.1 Å². The molecule has 0 aliphatic heterocycles. The van der Waals surface area contributed by atoms with E-state index in [4.69, 9.17) is 9.47 Å². The highest BCUT2D eigenvalue weighted by Gasteiger charge is 2.11. The molecule has 32 heavy (non-hydrogen) atoms. The van der Waals surface area contributed by atoms with Crippen molar-refractivity contribution in [1.82, 2.24) is 9.38 Å². The highest BCUT2D eigenvalue weighted by molar-refractivity contribution is 7.15. The van der Waals surface area contributed by atoms with Gasteiger partial charge >= 0.3 is 5.97 Å². The Bertz CT molecular complexity index is 1330. The van der Waals surface area contributed by atoms with Gasteiger partial charge in [-0.05, 0) is 48.9 Å². The smallest absolute Gasteiger partial charge is 0.338 e. The number of thiazole rings is 1. The zero-order chi connectivity index (χ0) is 22.5. The lowest BCUT2D eigenvalue weighted by atomic mass is 10.2. The van der Waals surface area contributed by atoms with Crippen LogP contribution in [0.2, 0.25) is 0 Å². The number of carbonyl (C=O) groups is 2. The van der Waals surface area contributed by atoms with Crippen LogP contribution in [-0.4, -0.2) is 27.9 Å². The number of carbonyl (C=O) groups excluding carboxylic acids is 2. The number of ether oxygens (including phenoxy) is 2. The SMILES string of the molecule is Cc1cccc(OCC(=O)Nc2ccc(C(=O)OCc3cc(=O)n4ccsc4n3)cc2)c1. The second-order valence-electron chi connectivity index (χ2n) is 6.95. The first kappa shape index (κ1) is 21.3. The van der Waals surface area contributed by atoms with Crippen LogP contribution in [0.4, 0.5) is 5.69 Å². The number of anilines is 1. The predicted octanol–water partition coefficient (Wildman–Crippen LogP) is 3.44. The van der Waals surface area contributed by atoms with Gasteiger partial charge in [-0.1, -0.05) is 12.1 Å². The van der Waals surface area contributed by atoms with E-state index in [-0.39, 0.29) is 24.7 Å². The van der Waals surface area contributed by atoms with Crippen LogP contribution in [0.15, 0.2) is 71.0 Å². The van der Waals surface area contributed by atoms with Gasteiger partial charge in [0.2, 0.25) is 0 Å². The van der Waals surface area contributed by atoms with Crippen LogP contribution in [0.25, 0.3) is 4.96 Å². The van der Waals surface area contributed by atoms with Gasteiger partial charge in [-0.15, -0.1) is 11.3 Å². The fourth-order valence-corrected chi connectivity index (χ4v) is 3.66. The molecule has 9 heteroatoms. The summed E-state index contributed by atoms with van der Waals surface area (Å²) in [7, 11) is 0. The molecule has 0 unspecified atom stereocenters. The topological polar surface area (TPSA) is 99.0 Å². The molecule has 0 fully saturated rings. The van der Waals surface area contributed by atoms with Gasteiger partial charge in [0.05, 0.1) is 11.3 Å². The first-order valence-corrected chi connectivity index (χ1v) is 10.6. The summed E-state index contributed by atoms with van der Waals surface area (Å²) in [5.41, 5.74) is 2.03. The van der Waals surface area contributed by atoms with E-state index in [0.29, 0.717) is 27.7 Å². The average molecular weight is 449 g/mol. The van der Waals surface area contributed by atoms with Crippen LogP contribution < -0.4 is 15.6 Å². The quantitative estimate of drug-likeness (QED) is 0.434. The van der Waals surface area contributed by atoms with Gasteiger partial charge in [-0.3, -0.25) is 14.0 Å². The molecule has 0 aliphatic rings. The molecule has 0 radical (unpaired) electrons. The van der Waals surface area contributed by atoms with Gasteiger partial charge in [0.25, 0.3) is 11.5 Å². The predicted molar refractivity (Wildman–Crippen MR) is 120 cm³/mol. The molecule has 0 bridgehead atoms. The van der Waals surface area contributed by atoms with Crippen molar-refractivity contribution in [2.24, 2.45) is 0 Å². The van der Waals surface area contributed by atoms with E-state index in [1.54, 1.807) is 41.9 Å². The van der Waals surface area contributed by atoms with Crippen molar-refractivity contribution in [2.75, 3.05) is 11.9 Å². The Morgan fingerprint density at radius 3 is 2.72 bits per heavy atom. The average Bonchev–Trinajstić information content (AvgIpc) is 3.26. The lowest BCUT2D eigenvalue weighted by Crippen LogP contribution is -2.20. The van der Waals surface area contributed by atoms with Gasteiger partial charge in [-0.25, -0.2) is 9.78 Å². The second-order valence-corrected chi connectivity index (χ2v) is 7.82. The van der Waals surface area contributed by atoms with Gasteiger partial charge < -0.3 is 14.8 Å². The lowest BCUT2D eigenvalue weighted by molar-refractivity contribution is -0.118. The maximum Gasteiger partial charge on any atom is 0.338 e. The number of hydrogen-bond acceptors (Lipinski definition) is 7. The number of aryl methyl sites for hydroxylation is 1. The summed E-state index contributed by atoms with van der Waals surface area (Å²) in [6.45, 7) is 1.70. The van der Waals surface area contributed by atoms with E-state index in [2.05, 4.69) is 10.3 Å². The fourth-order valence-electron chi connectivity index (χ4n) is 2.93. The number of nitrogens with one attached hydrogen (secondary N) is 1. The molecule has 0 spiro atoms. The first-order valence-electron chi connectivity index (χ1n) is 9.70. The minimum Gasteiger partial charge on any atom is -0.484 e. The molecular weight excluding hydrogens is 430 g/mol. The summed E-state index contributed by atoms with van der Waals surface area (Å²) in [5.74, 6) is -0.254. The zero-order valence-electron chi connectivity index (χ0n) is 17.1. The lowest BCUT2D eigenvalue weighted by Gasteiger charge is -2.09. The van der Waals surface area contributed by atoms with Gasteiger partial charge in [0, 0.05) is 23.3 Å². The van der Waals surface area contributed by atoms with Crippen LogP contribution in [0.1, 0.15) is 21.6 Å². The van der Waals surface area contributed by atoms with Crippen molar-refractivity contribution < 1.29 is 19.1 Å². The van der Waals surface area contributed by atoms with Gasteiger partial charge in [0.15, 0.2) is 11.6 Å². The van der Waals surface area contributed by atoms with E-state index in [0.717, 1.165) is 5.56 Å². The summed E-state index contributed by atoms with van der Waals surface area (Å²) in [6.07, 6.45) is 1.64. The molecule has 4 rings (SSSR count). The third-order valence-corrected chi connectivity index (χ3v) is 5.23. The number of hydrogen-bond donors (Lipinski definition) is 1. The number of esters is 1. The molecule has 162 valence electrons. The van der Waals surface area contributed by atoms with Crippen molar-refractivity contribution in [3.05, 3.63) is 93.3 Å². The summed E-state index contributed by atoms with van der Waals surface area (Å²) < 4.78 is 12.2. The van der Waals surface area contributed by atoms with Crippen molar-refractivity contribution in [2.45, 2.75) is 13.5 Å². The maximum absolute atomic E-state index is 12.3. The minimum atomic E-state index is -0.557. The van der Waals surface area contributed by atoms with Crippen molar-refractivity contribution in [1.29, 1.82) is 0 Å². The standard InChI is InChI=1S/C23H19N3O5S/c1-15-3-2-4-19(11-15)30-14-20(27)24-17-7-5-16(6-8-17)22(29)31-13-18-12-21(28)26-9-10-32-23(26)25-18/h2-12H,13-14H2,1H3,(H,24,27). The third-order valence-electron chi connectivity index (χ3n) is 4.47. The molecule has 0 saturated heterocycles. The molecule has 0 saturated carbocycles. The van der Waals surface area contributed by atoms with E-state index >= 15 is 0 Å². The fraction of sp³-hybridized carbons (Fsp3) is 0.130. The Kier molecular flexibility index (Phi) is 6.27. The van der Waals surface area contributed by atoms with Crippen molar-refractivity contribution in [3.63, 3.8) is 0 Å². The number of rotatable bonds is 7. The second kappa shape index (κ2) is 9.44. The van der Waals surface area contributed by atoms with Crippen molar-refractivity contribution in [3.8, 4) is 5.75 Å². The van der Waals surface area contributed by atoms with Crippen LogP contribution in [0, 0.1) is 6.92 Å². The molecule has 0 atom stereocenters. The highest BCUT2D eigenvalue weighted by Crippen LogP contribution is 2.14. The Morgan fingerprint density at radius 2 is 1.94 bits per heavy atom. The molecular formula is C23H19N3O5S. The number of benzene rings is 2. The molecule has 2 aromatic carbocycles. The largest absolute Gasteiger partial charge is 0.484 e. The number of fused-ring (bicyclic) bond motifs is 1. The van der Waals surface area contributed by atoms with Crippen LogP contribution in [0.3, 0.4) is 0 Å². The van der Waals surface area contributed by atoms with Gasteiger partial charge in [-0.2, -0.15) is 0 Å². The van der Waals surface area contributed by atoms with Crippen LogP contribution in [-0.2, 0) is 16.1 Å². The normalized spacial score (nSPS) is 10.7. The molecule has 2 aromatic heterocycles. The number of amides is 1. The Morgan fingerprint density at radius 1 is 1.12 bits per heavy atom. The molecule has 4 aromatic rings. The monoisotopic (exact) mass is 449 g/mol. The summed E-state index contributed by atoms with van der Waals surface area (Å²) in [4.78, 5) is 41.2. The van der Waals surface area contributed by atoms with Crippen LogP contribution >= 0.6 is 11.3 Å². The summed E-state index contributed by atoms with van der Waals surface area (Å²) in [5, 5.41) is 4.47. The molecule has 2 heterocycles. The Hall–Kier alpha value is -3.98. The molecule has 8 nitrogen and oxygen atoms in total. The Labute approximate surface area is 187 Å². The maximum atomic E-state index is 12.3. The summed E-state index contributed by atoms with van der Waals surface area (Å²) >= 11 is 1.32. The van der Waals surface area contributed by atoms with E-state index in [9.17, 15) is 14.4 Å². The minimum absolute atomic E-state index is 0.114. The van der Waals surface area contributed by atoms with Crippen LogP contribution in [0.5, 0.6) is 5.75 Å². The number of aromatic nitrogens is 2. The molecule has 1 N–H and O–H groups in total. The van der Waals surface area contributed by atoms with E-state index in [1.165, 1.54) is 21.8 Å².